The molecular formula is C9H12N2O3. The second-order valence-electron chi connectivity index (χ2n) is 2.90. The van der Waals surface area contributed by atoms with Crippen LogP contribution in [-0.4, -0.2) is 28.1 Å². The van der Waals surface area contributed by atoms with Crippen LogP contribution in [0.4, 0.5) is 0 Å². The monoisotopic (exact) mass is 196 g/mol. The molecule has 1 heterocycles. The second kappa shape index (κ2) is 4.45. The fraction of sp³-hybridized carbons (Fsp3) is 0.333. The van der Waals surface area contributed by atoms with Gasteiger partial charge in [0.25, 0.3) is 5.91 Å². The van der Waals surface area contributed by atoms with Gasteiger partial charge in [-0.2, -0.15) is 0 Å². The summed E-state index contributed by atoms with van der Waals surface area (Å²) in [5, 5.41) is 10.9. The summed E-state index contributed by atoms with van der Waals surface area (Å²) in [4.78, 5) is 21.6. The van der Waals surface area contributed by atoms with Crippen molar-refractivity contribution in [1.29, 1.82) is 0 Å². The van der Waals surface area contributed by atoms with Crippen molar-refractivity contribution >= 4 is 11.9 Å². The first-order valence-electron chi connectivity index (χ1n) is 4.22. The number of hydrogen-bond acceptors (Lipinski definition) is 2. The maximum absolute atomic E-state index is 11.4. The highest BCUT2D eigenvalue weighted by Crippen LogP contribution is 1.98. The van der Waals surface area contributed by atoms with Crippen LogP contribution < -0.4 is 5.32 Å². The average Bonchev–Trinajstić information content (AvgIpc) is 2.50. The van der Waals surface area contributed by atoms with Crippen molar-refractivity contribution in [2.75, 3.05) is 6.54 Å². The molecule has 0 bridgehead atoms. The normalized spacial score (nSPS) is 9.79. The number of nitrogens with one attached hydrogen (secondary N) is 1. The van der Waals surface area contributed by atoms with Crippen LogP contribution in [0.2, 0.25) is 0 Å². The van der Waals surface area contributed by atoms with Crippen molar-refractivity contribution in [2.45, 2.75) is 6.42 Å². The minimum absolute atomic E-state index is 0.0594. The van der Waals surface area contributed by atoms with Gasteiger partial charge < -0.3 is 15.0 Å². The largest absolute Gasteiger partial charge is 0.481 e. The Morgan fingerprint density at radius 3 is 2.79 bits per heavy atom. The Hall–Kier alpha value is -1.78. The van der Waals surface area contributed by atoms with Crippen molar-refractivity contribution in [1.82, 2.24) is 9.88 Å². The molecule has 1 aromatic heterocycles. The standard InChI is InChI=1S/C9H12N2O3/c1-11-6-2-3-7(11)9(14)10-5-4-8(12)13/h2-3,6H,4-5H2,1H3,(H,10,14)(H,12,13). The topological polar surface area (TPSA) is 71.3 Å². The number of carbonyl (C=O) groups is 2. The zero-order valence-corrected chi connectivity index (χ0v) is 7.86. The minimum Gasteiger partial charge on any atom is -0.481 e. The first kappa shape index (κ1) is 10.3. The Morgan fingerprint density at radius 1 is 1.57 bits per heavy atom. The molecule has 1 rings (SSSR count). The minimum atomic E-state index is -0.919. The molecule has 0 saturated carbocycles. The SMILES string of the molecule is Cn1cccc1C(=O)NCCC(=O)O. The molecule has 14 heavy (non-hydrogen) atoms. The summed E-state index contributed by atoms with van der Waals surface area (Å²) >= 11 is 0. The number of carboxylic acids is 1. The van der Waals surface area contributed by atoms with Crippen LogP contribution in [0.1, 0.15) is 16.9 Å². The van der Waals surface area contributed by atoms with Gasteiger partial charge in [-0.1, -0.05) is 0 Å². The first-order valence-corrected chi connectivity index (χ1v) is 4.22. The number of carbonyl (C=O) groups excluding carboxylic acids is 1. The summed E-state index contributed by atoms with van der Waals surface area (Å²) in [5.41, 5.74) is 0.524. The van der Waals surface area contributed by atoms with Crippen molar-refractivity contribution in [3.63, 3.8) is 0 Å². The highest BCUT2D eigenvalue weighted by atomic mass is 16.4. The third kappa shape index (κ3) is 2.62. The van der Waals surface area contributed by atoms with Crippen LogP contribution in [0.15, 0.2) is 18.3 Å². The van der Waals surface area contributed by atoms with Gasteiger partial charge in [-0.05, 0) is 12.1 Å². The van der Waals surface area contributed by atoms with E-state index < -0.39 is 5.97 Å². The summed E-state index contributed by atoms with van der Waals surface area (Å²) in [6, 6.07) is 3.43. The van der Waals surface area contributed by atoms with Gasteiger partial charge in [-0.25, -0.2) is 0 Å². The Bertz CT molecular complexity index is 344. The van der Waals surface area contributed by atoms with E-state index in [9.17, 15) is 9.59 Å². The van der Waals surface area contributed by atoms with Gasteiger partial charge >= 0.3 is 5.97 Å². The fourth-order valence-electron chi connectivity index (χ4n) is 1.07. The van der Waals surface area contributed by atoms with Crippen LogP contribution in [-0.2, 0) is 11.8 Å². The van der Waals surface area contributed by atoms with Crippen LogP contribution in [0.25, 0.3) is 0 Å². The number of rotatable bonds is 4. The summed E-state index contributed by atoms with van der Waals surface area (Å²) in [6.07, 6.45) is 1.70. The number of carboxylic acid groups (broad SMARTS) is 1. The number of aromatic nitrogens is 1. The lowest BCUT2D eigenvalue weighted by atomic mass is 10.3. The van der Waals surface area contributed by atoms with E-state index in [0.29, 0.717) is 5.69 Å². The molecule has 1 aromatic rings. The van der Waals surface area contributed by atoms with Crippen molar-refractivity contribution < 1.29 is 14.7 Å². The number of nitrogens with zero attached hydrogens (tertiary/aromatic N) is 1. The van der Waals surface area contributed by atoms with Gasteiger partial charge in [-0.15, -0.1) is 0 Å². The lowest BCUT2D eigenvalue weighted by Crippen LogP contribution is -2.27. The van der Waals surface area contributed by atoms with Crippen LogP contribution in [0, 0.1) is 0 Å². The van der Waals surface area contributed by atoms with Crippen molar-refractivity contribution in [3.8, 4) is 0 Å². The van der Waals surface area contributed by atoms with E-state index in [1.54, 1.807) is 29.9 Å². The maximum Gasteiger partial charge on any atom is 0.305 e. The van der Waals surface area contributed by atoms with Crippen LogP contribution in [0.3, 0.4) is 0 Å². The average molecular weight is 196 g/mol. The van der Waals surface area contributed by atoms with E-state index in [0.717, 1.165) is 0 Å². The quantitative estimate of drug-likeness (QED) is 0.724. The highest BCUT2D eigenvalue weighted by Gasteiger charge is 2.07. The van der Waals surface area contributed by atoms with Crippen LogP contribution >= 0.6 is 0 Å². The molecule has 0 spiro atoms. The molecule has 0 atom stereocenters. The summed E-state index contributed by atoms with van der Waals surface area (Å²) in [6.45, 7) is 0.152. The van der Waals surface area contributed by atoms with Gasteiger partial charge in [0.2, 0.25) is 0 Å². The Balaban J connectivity index is 2.44. The van der Waals surface area contributed by atoms with E-state index in [-0.39, 0.29) is 18.9 Å². The molecule has 2 N–H and O–H groups in total. The number of aryl methyl sites for hydroxylation is 1. The zero-order chi connectivity index (χ0) is 10.6. The van der Waals surface area contributed by atoms with Gasteiger partial charge in [0, 0.05) is 19.8 Å². The van der Waals surface area contributed by atoms with E-state index in [4.69, 9.17) is 5.11 Å². The van der Waals surface area contributed by atoms with E-state index >= 15 is 0 Å². The molecule has 5 heteroatoms. The summed E-state index contributed by atoms with van der Waals surface area (Å²) < 4.78 is 1.68. The molecule has 0 saturated heterocycles. The number of aliphatic carboxylic acids is 1. The predicted molar refractivity (Wildman–Crippen MR) is 50.0 cm³/mol. The van der Waals surface area contributed by atoms with Gasteiger partial charge in [-0.3, -0.25) is 9.59 Å². The molecule has 0 radical (unpaired) electrons. The molecule has 1 amide bonds. The first-order chi connectivity index (χ1) is 6.61. The smallest absolute Gasteiger partial charge is 0.305 e. The predicted octanol–water partition coefficient (Wildman–Crippen LogP) is 0.230. The van der Waals surface area contributed by atoms with Gasteiger partial charge in [0.05, 0.1) is 6.42 Å². The van der Waals surface area contributed by atoms with Crippen molar-refractivity contribution in [3.05, 3.63) is 24.0 Å². The Kier molecular flexibility index (Phi) is 3.28. The lowest BCUT2D eigenvalue weighted by Gasteiger charge is -2.03. The van der Waals surface area contributed by atoms with Gasteiger partial charge in [0.15, 0.2) is 0 Å². The lowest BCUT2D eigenvalue weighted by molar-refractivity contribution is -0.136. The fourth-order valence-corrected chi connectivity index (χ4v) is 1.07. The molecule has 0 aliphatic carbocycles. The van der Waals surface area contributed by atoms with E-state index in [1.807, 2.05) is 0 Å². The summed E-state index contributed by atoms with van der Waals surface area (Å²) in [5.74, 6) is -1.17. The molecule has 0 unspecified atom stereocenters. The second-order valence-corrected chi connectivity index (χ2v) is 2.90. The third-order valence-corrected chi connectivity index (χ3v) is 1.80. The molecule has 0 fully saturated rings. The van der Waals surface area contributed by atoms with Crippen molar-refractivity contribution in [2.24, 2.45) is 7.05 Å². The van der Waals surface area contributed by atoms with Gasteiger partial charge in [0.1, 0.15) is 5.69 Å². The number of hydrogen-bond donors (Lipinski definition) is 2. The van der Waals surface area contributed by atoms with E-state index in [1.165, 1.54) is 0 Å². The maximum atomic E-state index is 11.4. The molecule has 0 aromatic carbocycles. The Labute approximate surface area is 81.3 Å². The Morgan fingerprint density at radius 2 is 2.29 bits per heavy atom. The molecule has 5 nitrogen and oxygen atoms in total. The third-order valence-electron chi connectivity index (χ3n) is 1.80. The highest BCUT2D eigenvalue weighted by molar-refractivity contribution is 5.92. The number of amides is 1. The molecule has 0 aliphatic rings. The molecule has 76 valence electrons. The molecule has 0 aliphatic heterocycles. The molecular weight excluding hydrogens is 184 g/mol. The zero-order valence-electron chi connectivity index (χ0n) is 7.86. The van der Waals surface area contributed by atoms with Crippen LogP contribution in [0.5, 0.6) is 0 Å². The van der Waals surface area contributed by atoms with E-state index in [2.05, 4.69) is 5.32 Å². The summed E-state index contributed by atoms with van der Waals surface area (Å²) in [7, 11) is 1.76.